The number of aliphatic hydroxyl groups excluding tert-OH is 1. The Bertz CT molecular complexity index is 1200. The maximum absolute atomic E-state index is 12.7. The van der Waals surface area contributed by atoms with Crippen LogP contribution in [-0.4, -0.2) is 22.2 Å². The van der Waals surface area contributed by atoms with Gasteiger partial charge in [0.1, 0.15) is 17.4 Å². The minimum Gasteiger partial charge on any atom is -0.504 e. The van der Waals surface area contributed by atoms with Crippen LogP contribution in [0.1, 0.15) is 28.4 Å². The number of ether oxygens (including phenoxy) is 3. The highest BCUT2D eigenvalue weighted by atomic mass is 16.6. The zero-order chi connectivity index (χ0) is 20.3. The third kappa shape index (κ3) is 2.31. The van der Waals surface area contributed by atoms with Crippen molar-refractivity contribution in [1.82, 2.24) is 0 Å². The maximum atomic E-state index is 12.7. The first kappa shape index (κ1) is 17.2. The van der Waals surface area contributed by atoms with E-state index < -0.39 is 17.5 Å². The molecule has 0 saturated heterocycles. The third-order valence-electron chi connectivity index (χ3n) is 4.96. The van der Waals surface area contributed by atoms with Crippen molar-refractivity contribution in [3.8, 4) is 17.2 Å². The monoisotopic (exact) mass is 389 g/mol. The van der Waals surface area contributed by atoms with Crippen LogP contribution in [0.3, 0.4) is 0 Å². The van der Waals surface area contributed by atoms with Crippen LogP contribution in [0.4, 0.5) is 0 Å². The van der Waals surface area contributed by atoms with Gasteiger partial charge >= 0.3 is 11.9 Å². The molecule has 0 aromatic heterocycles. The van der Waals surface area contributed by atoms with Gasteiger partial charge in [0.25, 0.3) is 0 Å². The number of benzene rings is 2. The molecule has 2 aromatic rings. The molecule has 7 heteroatoms. The fraction of sp³-hybridized carbons (Fsp3) is 0.0909. The molecule has 143 valence electrons. The van der Waals surface area contributed by atoms with Crippen LogP contribution in [0.2, 0.25) is 0 Å². The lowest BCUT2D eigenvalue weighted by Gasteiger charge is -2.41. The smallest absolute Gasteiger partial charge is 0.339 e. The molecular weight excluding hydrogens is 376 g/mol. The average molecular weight is 389 g/mol. The van der Waals surface area contributed by atoms with Crippen molar-refractivity contribution in [2.75, 3.05) is 0 Å². The van der Waals surface area contributed by atoms with Gasteiger partial charge in [0.15, 0.2) is 22.9 Å². The molecule has 2 N–H and O–H groups in total. The van der Waals surface area contributed by atoms with Gasteiger partial charge in [0.2, 0.25) is 0 Å². The van der Waals surface area contributed by atoms with Gasteiger partial charge in [-0.25, -0.2) is 4.79 Å². The number of rotatable bonds is 1. The Kier molecular flexibility index (Phi) is 3.41. The predicted molar refractivity (Wildman–Crippen MR) is 98.2 cm³/mol. The molecule has 1 radical (unpaired) electrons. The fourth-order valence-corrected chi connectivity index (χ4v) is 3.85. The molecule has 1 unspecified atom stereocenters. The number of carbonyl (C=O) groups excluding carboxylic acids is 2. The summed E-state index contributed by atoms with van der Waals surface area (Å²) < 4.78 is 16.9. The molecule has 1 spiro atoms. The molecular formula is C22H13O7. The van der Waals surface area contributed by atoms with Crippen LogP contribution in [-0.2, 0) is 15.1 Å². The zero-order valence-electron chi connectivity index (χ0n) is 15.1. The average Bonchev–Trinajstić information content (AvgIpc) is 2.96. The van der Waals surface area contributed by atoms with E-state index in [0.29, 0.717) is 22.6 Å². The zero-order valence-corrected chi connectivity index (χ0v) is 15.1. The molecule has 0 fully saturated rings. The van der Waals surface area contributed by atoms with Crippen LogP contribution >= 0.6 is 0 Å². The number of phenols is 1. The lowest BCUT2D eigenvalue weighted by molar-refractivity contribution is -0.132. The van der Waals surface area contributed by atoms with Crippen molar-refractivity contribution in [2.24, 2.45) is 0 Å². The Morgan fingerprint density at radius 1 is 1.17 bits per heavy atom. The molecule has 7 nitrogen and oxygen atoms in total. The summed E-state index contributed by atoms with van der Waals surface area (Å²) in [6.45, 7) is 1.21. The number of aliphatic hydroxyl groups is 1. The normalized spacial score (nSPS) is 21.3. The Hall–Kier alpha value is -3.96. The Morgan fingerprint density at radius 2 is 1.97 bits per heavy atom. The number of hydrogen-bond acceptors (Lipinski definition) is 7. The highest BCUT2D eigenvalue weighted by Crippen LogP contribution is 2.58. The molecule has 1 atom stereocenters. The summed E-state index contributed by atoms with van der Waals surface area (Å²) in [6.07, 6.45) is 2.84. The van der Waals surface area contributed by atoms with Gasteiger partial charge in [-0.05, 0) is 18.2 Å². The summed E-state index contributed by atoms with van der Waals surface area (Å²) in [4.78, 5) is 24.1. The number of fused-ring (bicyclic) bond motifs is 6. The minimum absolute atomic E-state index is 0.0918. The first-order chi connectivity index (χ1) is 13.9. The molecule has 5 rings (SSSR count). The second-order valence-corrected chi connectivity index (χ2v) is 6.72. The molecule has 2 heterocycles. The van der Waals surface area contributed by atoms with Crippen molar-refractivity contribution in [3.63, 3.8) is 0 Å². The molecule has 29 heavy (non-hydrogen) atoms. The summed E-state index contributed by atoms with van der Waals surface area (Å²) in [7, 11) is 0. The first-order valence-corrected chi connectivity index (χ1v) is 8.72. The lowest BCUT2D eigenvalue weighted by Crippen LogP contribution is -2.40. The van der Waals surface area contributed by atoms with E-state index >= 15 is 0 Å². The van der Waals surface area contributed by atoms with Crippen LogP contribution in [0.25, 0.3) is 0 Å². The topological polar surface area (TPSA) is 102 Å². The van der Waals surface area contributed by atoms with E-state index in [1.807, 2.05) is 0 Å². The SMILES string of the molecule is CC(=O)Oc1cc2c(cc1O)OC1=CC(O)=C=C[C]1C21OC(=O)c2ccccc21. The Morgan fingerprint density at radius 3 is 2.76 bits per heavy atom. The van der Waals surface area contributed by atoms with Crippen molar-refractivity contribution in [3.05, 3.63) is 88.4 Å². The summed E-state index contributed by atoms with van der Waals surface area (Å²) >= 11 is 0. The van der Waals surface area contributed by atoms with E-state index in [1.165, 1.54) is 31.2 Å². The van der Waals surface area contributed by atoms with E-state index in [2.05, 4.69) is 5.73 Å². The van der Waals surface area contributed by atoms with Crippen LogP contribution in [0.5, 0.6) is 17.2 Å². The van der Waals surface area contributed by atoms with E-state index in [1.54, 1.807) is 24.3 Å². The Labute approximate surface area is 164 Å². The predicted octanol–water partition coefficient (Wildman–Crippen LogP) is 3.19. The van der Waals surface area contributed by atoms with Gasteiger partial charge in [0.05, 0.1) is 5.56 Å². The minimum atomic E-state index is -1.41. The first-order valence-electron chi connectivity index (χ1n) is 8.72. The maximum Gasteiger partial charge on any atom is 0.339 e. The van der Waals surface area contributed by atoms with Crippen molar-refractivity contribution in [2.45, 2.75) is 12.5 Å². The van der Waals surface area contributed by atoms with E-state index in [4.69, 9.17) is 14.2 Å². The largest absolute Gasteiger partial charge is 0.504 e. The van der Waals surface area contributed by atoms with Gasteiger partial charge in [-0.15, -0.1) is 0 Å². The quantitative estimate of drug-likeness (QED) is 0.439. The van der Waals surface area contributed by atoms with E-state index in [9.17, 15) is 19.8 Å². The molecule has 1 aliphatic carbocycles. The standard InChI is InChI=1S/C22H13O7/c1-11(23)27-20-9-16-19(10-17(20)25)28-18-8-12(24)6-7-15(18)22(16)14-5-3-2-4-13(14)21(26)29-22/h2-5,7-10,24-25H,1H3. The molecule has 0 saturated carbocycles. The lowest BCUT2D eigenvalue weighted by atomic mass is 9.72. The summed E-state index contributed by atoms with van der Waals surface area (Å²) in [5, 5.41) is 20.1. The number of carbonyl (C=O) groups is 2. The number of aromatic hydroxyl groups is 1. The van der Waals surface area contributed by atoms with E-state index in [-0.39, 0.29) is 28.8 Å². The summed E-state index contributed by atoms with van der Waals surface area (Å²) in [5.41, 5.74) is 2.59. The molecule has 2 aliphatic heterocycles. The third-order valence-corrected chi connectivity index (χ3v) is 4.96. The number of hydrogen-bond donors (Lipinski definition) is 2. The highest BCUT2D eigenvalue weighted by molar-refractivity contribution is 5.97. The van der Waals surface area contributed by atoms with Crippen LogP contribution in [0.15, 0.2) is 65.8 Å². The van der Waals surface area contributed by atoms with Gasteiger partial charge in [-0.2, -0.15) is 0 Å². The number of phenolic OH excluding ortho intramolecular Hbond substituents is 1. The van der Waals surface area contributed by atoms with Crippen molar-refractivity contribution >= 4 is 11.9 Å². The molecule has 0 amide bonds. The van der Waals surface area contributed by atoms with Gasteiger partial charge < -0.3 is 24.4 Å². The Balaban J connectivity index is 1.84. The van der Waals surface area contributed by atoms with Crippen LogP contribution in [0, 0.1) is 5.92 Å². The molecule has 0 bridgehead atoms. The second-order valence-electron chi connectivity index (χ2n) is 6.72. The molecule has 3 aliphatic rings. The molecule has 2 aromatic carbocycles. The highest BCUT2D eigenvalue weighted by Gasteiger charge is 2.58. The summed E-state index contributed by atoms with van der Waals surface area (Å²) in [6, 6.07) is 9.60. The fourth-order valence-electron chi connectivity index (χ4n) is 3.85. The van der Waals surface area contributed by atoms with Gasteiger partial charge in [0, 0.05) is 30.2 Å². The van der Waals surface area contributed by atoms with Crippen molar-refractivity contribution in [1.29, 1.82) is 0 Å². The second kappa shape index (κ2) is 5.77. The number of esters is 2. The van der Waals surface area contributed by atoms with Crippen molar-refractivity contribution < 1.29 is 34.0 Å². The van der Waals surface area contributed by atoms with Gasteiger partial charge in [-0.1, -0.05) is 23.9 Å². The van der Waals surface area contributed by atoms with Gasteiger partial charge in [-0.3, -0.25) is 4.79 Å². The van der Waals surface area contributed by atoms with Crippen LogP contribution < -0.4 is 9.47 Å². The van der Waals surface area contributed by atoms with E-state index in [0.717, 1.165) is 0 Å². The summed E-state index contributed by atoms with van der Waals surface area (Å²) in [5.74, 6) is -0.823.